The summed E-state index contributed by atoms with van der Waals surface area (Å²) in [6.07, 6.45) is 3.33. The van der Waals surface area contributed by atoms with Crippen LogP contribution in [0.2, 0.25) is 6.04 Å². The van der Waals surface area contributed by atoms with E-state index in [9.17, 15) is 0 Å². The first-order chi connectivity index (χ1) is 3.43. The molecule has 0 saturated heterocycles. The summed E-state index contributed by atoms with van der Waals surface area (Å²) in [7, 11) is -0.0405. The van der Waals surface area contributed by atoms with Crippen molar-refractivity contribution in [2.24, 2.45) is 0 Å². The predicted molar refractivity (Wildman–Crippen MR) is 29.7 cm³/mol. The molecule has 1 aliphatic carbocycles. The zero-order valence-electron chi connectivity index (χ0n) is 3.96. The summed E-state index contributed by atoms with van der Waals surface area (Å²) in [4.78, 5) is 0. The van der Waals surface area contributed by atoms with Gasteiger partial charge in [0.1, 0.15) is 5.39 Å². The lowest BCUT2D eigenvalue weighted by Gasteiger charge is -1.76. The van der Waals surface area contributed by atoms with E-state index in [2.05, 4.69) is 10.7 Å². The summed E-state index contributed by atoms with van der Waals surface area (Å²) in [5.41, 5.74) is 1.47. The van der Waals surface area contributed by atoms with Crippen molar-refractivity contribution in [1.29, 1.82) is 5.39 Å². The van der Waals surface area contributed by atoms with Gasteiger partial charge in [0.25, 0.3) is 0 Å². The largest absolute Gasteiger partial charge is 0.243 e. The van der Waals surface area contributed by atoms with E-state index in [-0.39, 0.29) is 9.68 Å². The van der Waals surface area contributed by atoms with E-state index in [1.807, 2.05) is 0 Å². The van der Waals surface area contributed by atoms with Gasteiger partial charge in [0, 0.05) is 0 Å². The third kappa shape index (κ3) is 1.51. The SMILES string of the molecule is N#[N+][SiH-]CC1=CC1. The molecule has 0 amide bonds. The maximum absolute atomic E-state index is 7.98. The van der Waals surface area contributed by atoms with Crippen LogP contribution in [-0.4, -0.2) is 9.68 Å². The van der Waals surface area contributed by atoms with Gasteiger partial charge in [-0.1, -0.05) is 17.7 Å². The molecule has 0 bridgehead atoms. The lowest BCUT2D eigenvalue weighted by atomic mass is 10.6. The van der Waals surface area contributed by atoms with E-state index in [1.54, 1.807) is 0 Å². The van der Waals surface area contributed by atoms with Crippen LogP contribution in [0.3, 0.4) is 0 Å². The minimum Gasteiger partial charge on any atom is -0.161 e. The Morgan fingerprint density at radius 3 is 3.14 bits per heavy atom. The molecule has 0 N–H and O–H groups in total. The van der Waals surface area contributed by atoms with Crippen molar-refractivity contribution in [3.8, 4) is 0 Å². The Balaban J connectivity index is 2.02. The van der Waals surface area contributed by atoms with Gasteiger partial charge in [0.15, 0.2) is 0 Å². The van der Waals surface area contributed by atoms with Crippen LogP contribution in [0.1, 0.15) is 6.42 Å². The molecule has 3 heteroatoms. The van der Waals surface area contributed by atoms with Crippen molar-refractivity contribution >= 4 is 9.68 Å². The lowest BCUT2D eigenvalue weighted by molar-refractivity contribution is 1.44. The number of hydrogen-bond donors (Lipinski definition) is 0. The van der Waals surface area contributed by atoms with E-state index in [4.69, 9.17) is 5.39 Å². The summed E-state index contributed by atoms with van der Waals surface area (Å²) in [5.74, 6) is 0. The van der Waals surface area contributed by atoms with Crippen molar-refractivity contribution in [3.05, 3.63) is 16.3 Å². The van der Waals surface area contributed by atoms with Crippen LogP contribution < -0.4 is 0 Å². The standard InChI is InChI=1S/C4H6N2Si/c5-6-7-3-4-1-2-4/h1,7H,2-3H2. The maximum atomic E-state index is 7.98. The van der Waals surface area contributed by atoms with E-state index in [0.717, 1.165) is 6.04 Å². The smallest absolute Gasteiger partial charge is 0.161 e. The van der Waals surface area contributed by atoms with Gasteiger partial charge in [-0.3, -0.25) is 0 Å². The second-order valence-electron chi connectivity index (χ2n) is 1.57. The summed E-state index contributed by atoms with van der Waals surface area (Å²) in [5, 5.41) is 7.98. The molecular formula is C4H6N2Si. The fourth-order valence-corrected chi connectivity index (χ4v) is 1.05. The van der Waals surface area contributed by atoms with Crippen molar-refractivity contribution in [3.63, 3.8) is 0 Å². The molecule has 0 fully saturated rings. The molecule has 7 heavy (non-hydrogen) atoms. The van der Waals surface area contributed by atoms with Crippen LogP contribution in [0.15, 0.2) is 11.6 Å². The summed E-state index contributed by atoms with van der Waals surface area (Å²) in [6, 6.07) is 1.04. The maximum Gasteiger partial charge on any atom is 0.243 e. The van der Waals surface area contributed by atoms with Gasteiger partial charge in [-0.2, -0.15) is 4.64 Å². The molecule has 0 aromatic heterocycles. The van der Waals surface area contributed by atoms with Crippen LogP contribution in [-0.2, 0) is 0 Å². The number of nitrogens with zero attached hydrogens (tertiary/aromatic N) is 2. The molecule has 1 rings (SSSR count). The molecule has 0 atom stereocenters. The van der Waals surface area contributed by atoms with Crippen LogP contribution >= 0.6 is 0 Å². The van der Waals surface area contributed by atoms with Crippen molar-refractivity contribution in [2.75, 3.05) is 0 Å². The molecule has 0 aromatic carbocycles. The van der Waals surface area contributed by atoms with Crippen LogP contribution in [0.4, 0.5) is 0 Å². The summed E-state index contributed by atoms with van der Waals surface area (Å²) < 4.78 is 3.06. The summed E-state index contributed by atoms with van der Waals surface area (Å²) in [6.45, 7) is 0. The Hall–Kier alpha value is -0.623. The molecule has 1 aliphatic rings. The third-order valence-electron chi connectivity index (χ3n) is 0.928. The highest BCUT2D eigenvalue weighted by Crippen LogP contribution is 2.21. The monoisotopic (exact) mass is 110 g/mol. The Kier molecular flexibility index (Phi) is 1.23. The van der Waals surface area contributed by atoms with Crippen LogP contribution in [0.25, 0.3) is 4.64 Å². The fourth-order valence-electron chi connectivity index (χ4n) is 0.397. The topological polar surface area (TPSA) is 28.1 Å². The first-order valence-electron chi connectivity index (χ1n) is 2.27. The number of allylic oxidation sites excluding steroid dienone is 2. The zero-order chi connectivity index (χ0) is 5.11. The molecule has 0 spiro atoms. The highest BCUT2D eigenvalue weighted by Gasteiger charge is 2.03. The molecule has 0 aromatic rings. The normalized spacial score (nSPS) is 14.4. The number of hydrogen-bond acceptors (Lipinski definition) is 1. The number of diazo groups is 1. The van der Waals surface area contributed by atoms with Crippen LogP contribution in [0, 0.1) is 5.39 Å². The number of rotatable bonds is 2. The average Bonchev–Trinajstić information content (AvgIpc) is 2.42. The van der Waals surface area contributed by atoms with E-state index >= 15 is 0 Å². The van der Waals surface area contributed by atoms with Gasteiger partial charge in [-0.15, -0.1) is 0 Å². The second kappa shape index (κ2) is 1.89. The average molecular weight is 110 g/mol. The Bertz CT molecular complexity index is 133. The lowest BCUT2D eigenvalue weighted by Crippen LogP contribution is -1.74. The molecular weight excluding hydrogens is 104 g/mol. The molecule has 2 nitrogen and oxygen atoms in total. The zero-order valence-corrected chi connectivity index (χ0v) is 5.12. The van der Waals surface area contributed by atoms with E-state index in [1.165, 1.54) is 12.0 Å². The van der Waals surface area contributed by atoms with Gasteiger partial charge in [0.05, 0.1) is 0 Å². The quantitative estimate of drug-likeness (QED) is 0.295. The molecule has 36 valence electrons. The molecule has 0 heterocycles. The Morgan fingerprint density at radius 1 is 2.00 bits per heavy atom. The highest BCUT2D eigenvalue weighted by molar-refractivity contribution is 6.40. The van der Waals surface area contributed by atoms with Crippen molar-refractivity contribution in [2.45, 2.75) is 12.5 Å². The fraction of sp³-hybridized carbons (Fsp3) is 0.500. The first-order valence-corrected chi connectivity index (χ1v) is 3.60. The summed E-state index contributed by atoms with van der Waals surface area (Å²) >= 11 is 0. The minimum absolute atomic E-state index is 0.0405. The van der Waals surface area contributed by atoms with Gasteiger partial charge >= 0.3 is 0 Å². The first kappa shape index (κ1) is 4.53. The minimum atomic E-state index is -0.0405. The third-order valence-corrected chi connectivity index (χ3v) is 1.80. The van der Waals surface area contributed by atoms with Gasteiger partial charge in [0.2, 0.25) is 9.68 Å². The van der Waals surface area contributed by atoms with Gasteiger partial charge in [-0.25, -0.2) is 0 Å². The van der Waals surface area contributed by atoms with E-state index < -0.39 is 0 Å². The van der Waals surface area contributed by atoms with Gasteiger partial charge in [-0.05, 0) is 6.42 Å². The molecule has 0 unspecified atom stereocenters. The highest BCUT2D eigenvalue weighted by atomic mass is 28.2. The molecule has 0 radical (unpaired) electrons. The Labute approximate surface area is 44.8 Å². The Morgan fingerprint density at radius 2 is 2.71 bits per heavy atom. The van der Waals surface area contributed by atoms with Crippen LogP contribution in [0.5, 0.6) is 0 Å². The second-order valence-corrected chi connectivity index (χ2v) is 2.57. The molecule has 0 aliphatic heterocycles. The predicted octanol–water partition coefficient (Wildman–Crippen LogP) is 0.939. The van der Waals surface area contributed by atoms with E-state index in [0.29, 0.717) is 0 Å². The molecule has 0 saturated carbocycles. The van der Waals surface area contributed by atoms with Crippen molar-refractivity contribution < 1.29 is 0 Å². The van der Waals surface area contributed by atoms with Crippen molar-refractivity contribution in [1.82, 2.24) is 0 Å². The van der Waals surface area contributed by atoms with Gasteiger partial charge < -0.3 is 0 Å².